The van der Waals surface area contributed by atoms with Crippen LogP contribution in [0.5, 0.6) is 5.75 Å². The maximum absolute atomic E-state index is 13.1. The van der Waals surface area contributed by atoms with E-state index in [1.165, 1.54) is 30.3 Å². The van der Waals surface area contributed by atoms with E-state index in [1.807, 2.05) is 0 Å². The summed E-state index contributed by atoms with van der Waals surface area (Å²) < 4.78 is 41.4. The van der Waals surface area contributed by atoms with Crippen LogP contribution in [0, 0.1) is 5.82 Å². The van der Waals surface area contributed by atoms with Gasteiger partial charge in [-0.05, 0) is 30.3 Å². The molecule has 0 fully saturated rings. The molecule has 0 aromatic heterocycles. The molecular weight excluding hydrogens is 293 g/mol. The van der Waals surface area contributed by atoms with E-state index in [-0.39, 0.29) is 16.5 Å². The molecule has 0 aliphatic rings. The number of hydrogen-bond donors (Lipinski definition) is 2. The van der Waals surface area contributed by atoms with Crippen LogP contribution in [0.1, 0.15) is 0 Å². The van der Waals surface area contributed by atoms with E-state index in [9.17, 15) is 13.2 Å². The van der Waals surface area contributed by atoms with Crippen molar-refractivity contribution in [2.45, 2.75) is 6.61 Å². The largest absolute Gasteiger partial charge is 0.435 e. The van der Waals surface area contributed by atoms with Gasteiger partial charge in [0.15, 0.2) is 0 Å². The van der Waals surface area contributed by atoms with Gasteiger partial charge in [0, 0.05) is 11.8 Å². The summed E-state index contributed by atoms with van der Waals surface area (Å²) in [5, 5.41) is 2.83. The predicted molar refractivity (Wildman–Crippen MR) is 72.2 cm³/mol. The van der Waals surface area contributed by atoms with Crippen LogP contribution in [-0.4, -0.2) is 6.61 Å². The standard InChI is InChI=1S/C13H10ClF3N2O/c14-9-5-12(11(18)6-10(9)15)19-7-1-3-8(4-2-7)20-13(16)17/h1-6,13,19H,18H2. The van der Waals surface area contributed by atoms with Crippen molar-refractivity contribution in [2.24, 2.45) is 0 Å². The molecule has 7 heteroatoms. The van der Waals surface area contributed by atoms with Crippen LogP contribution in [-0.2, 0) is 0 Å². The van der Waals surface area contributed by atoms with Crippen LogP contribution >= 0.6 is 11.6 Å². The molecule has 3 N–H and O–H groups in total. The third kappa shape index (κ3) is 3.48. The van der Waals surface area contributed by atoms with Crippen LogP contribution in [0.25, 0.3) is 0 Å². The Morgan fingerprint density at radius 2 is 1.80 bits per heavy atom. The fraction of sp³-hybridized carbons (Fsp3) is 0.0769. The Bertz CT molecular complexity index is 605. The zero-order valence-corrected chi connectivity index (χ0v) is 10.8. The zero-order chi connectivity index (χ0) is 14.7. The van der Waals surface area contributed by atoms with Crippen LogP contribution in [0.15, 0.2) is 36.4 Å². The third-order valence-electron chi connectivity index (χ3n) is 2.45. The molecule has 0 aliphatic heterocycles. The average molecular weight is 303 g/mol. The van der Waals surface area contributed by atoms with Crippen molar-refractivity contribution in [2.75, 3.05) is 11.1 Å². The molecule has 20 heavy (non-hydrogen) atoms. The summed E-state index contributed by atoms with van der Waals surface area (Å²) in [5.41, 5.74) is 6.82. The Morgan fingerprint density at radius 3 is 2.40 bits per heavy atom. The Balaban J connectivity index is 2.16. The molecule has 2 aromatic carbocycles. The van der Waals surface area contributed by atoms with Gasteiger partial charge in [-0.1, -0.05) is 11.6 Å². The number of hydrogen-bond acceptors (Lipinski definition) is 3. The second-order valence-corrected chi connectivity index (χ2v) is 4.29. The molecule has 0 atom stereocenters. The van der Waals surface area contributed by atoms with Gasteiger partial charge in [-0.2, -0.15) is 8.78 Å². The quantitative estimate of drug-likeness (QED) is 0.823. The van der Waals surface area contributed by atoms with Gasteiger partial charge < -0.3 is 15.8 Å². The molecule has 0 spiro atoms. The molecule has 0 saturated heterocycles. The molecular formula is C13H10ClF3N2O. The molecule has 0 amide bonds. The first-order chi connectivity index (χ1) is 9.45. The highest BCUT2D eigenvalue weighted by atomic mass is 35.5. The number of ether oxygens (including phenoxy) is 1. The van der Waals surface area contributed by atoms with Crippen molar-refractivity contribution < 1.29 is 17.9 Å². The van der Waals surface area contributed by atoms with Crippen molar-refractivity contribution in [1.29, 1.82) is 0 Å². The van der Waals surface area contributed by atoms with Crippen molar-refractivity contribution in [3.8, 4) is 5.75 Å². The number of nitrogen functional groups attached to an aromatic ring is 1. The number of anilines is 3. The summed E-state index contributed by atoms with van der Waals surface area (Å²) in [6.07, 6.45) is 0. The Hall–Kier alpha value is -2.08. The third-order valence-corrected chi connectivity index (χ3v) is 2.74. The van der Waals surface area contributed by atoms with Crippen LogP contribution in [0.4, 0.5) is 30.2 Å². The number of nitrogens with two attached hydrogens (primary N) is 1. The molecule has 0 aliphatic carbocycles. The van der Waals surface area contributed by atoms with Crippen LogP contribution < -0.4 is 15.8 Å². The highest BCUT2D eigenvalue weighted by Crippen LogP contribution is 2.29. The van der Waals surface area contributed by atoms with Gasteiger partial charge in [0.05, 0.1) is 16.4 Å². The first kappa shape index (κ1) is 14.3. The number of benzene rings is 2. The lowest BCUT2D eigenvalue weighted by Gasteiger charge is -2.11. The summed E-state index contributed by atoms with van der Waals surface area (Å²) in [6.45, 7) is -2.87. The molecule has 0 bridgehead atoms. The summed E-state index contributed by atoms with van der Waals surface area (Å²) in [4.78, 5) is 0. The van der Waals surface area contributed by atoms with Crippen molar-refractivity contribution in [3.05, 3.63) is 47.2 Å². The normalized spacial score (nSPS) is 10.7. The zero-order valence-electron chi connectivity index (χ0n) is 10.0. The van der Waals surface area contributed by atoms with Crippen LogP contribution in [0.3, 0.4) is 0 Å². The molecule has 0 unspecified atom stereocenters. The van der Waals surface area contributed by atoms with Crippen molar-refractivity contribution >= 4 is 28.7 Å². The smallest absolute Gasteiger partial charge is 0.387 e. The average Bonchev–Trinajstić information content (AvgIpc) is 2.37. The van der Waals surface area contributed by atoms with Gasteiger partial charge in [0.25, 0.3) is 0 Å². The maximum atomic E-state index is 13.1. The Kier molecular flexibility index (Phi) is 4.24. The van der Waals surface area contributed by atoms with E-state index in [4.69, 9.17) is 17.3 Å². The number of halogens is 4. The molecule has 2 aromatic rings. The van der Waals surface area contributed by atoms with Gasteiger partial charge in [-0.15, -0.1) is 0 Å². The lowest BCUT2D eigenvalue weighted by molar-refractivity contribution is -0.0498. The molecule has 0 heterocycles. The molecule has 2 rings (SSSR count). The van der Waals surface area contributed by atoms with Gasteiger partial charge in [-0.25, -0.2) is 4.39 Å². The first-order valence-corrected chi connectivity index (χ1v) is 5.90. The van der Waals surface area contributed by atoms with E-state index < -0.39 is 12.4 Å². The summed E-state index contributed by atoms with van der Waals surface area (Å²) in [7, 11) is 0. The van der Waals surface area contributed by atoms with Crippen molar-refractivity contribution in [3.63, 3.8) is 0 Å². The van der Waals surface area contributed by atoms with E-state index in [0.717, 1.165) is 6.07 Å². The van der Waals surface area contributed by atoms with E-state index in [2.05, 4.69) is 10.1 Å². The minimum atomic E-state index is -2.87. The van der Waals surface area contributed by atoms with E-state index in [1.54, 1.807) is 0 Å². The number of alkyl halides is 2. The minimum Gasteiger partial charge on any atom is -0.435 e. The van der Waals surface area contributed by atoms with E-state index in [0.29, 0.717) is 11.4 Å². The lowest BCUT2D eigenvalue weighted by atomic mass is 10.2. The highest BCUT2D eigenvalue weighted by molar-refractivity contribution is 6.31. The first-order valence-electron chi connectivity index (χ1n) is 5.52. The summed E-state index contributed by atoms with van der Waals surface area (Å²) in [5.74, 6) is -0.578. The monoisotopic (exact) mass is 302 g/mol. The van der Waals surface area contributed by atoms with Crippen molar-refractivity contribution in [1.82, 2.24) is 0 Å². The molecule has 3 nitrogen and oxygen atoms in total. The Morgan fingerprint density at radius 1 is 1.15 bits per heavy atom. The fourth-order valence-corrected chi connectivity index (χ4v) is 1.71. The minimum absolute atomic E-state index is 0.0376. The van der Waals surface area contributed by atoms with E-state index >= 15 is 0 Å². The highest BCUT2D eigenvalue weighted by Gasteiger charge is 2.07. The second kappa shape index (κ2) is 5.92. The van der Waals surface area contributed by atoms with Gasteiger partial charge >= 0.3 is 6.61 Å². The SMILES string of the molecule is Nc1cc(F)c(Cl)cc1Nc1ccc(OC(F)F)cc1. The van der Waals surface area contributed by atoms with Crippen LogP contribution in [0.2, 0.25) is 5.02 Å². The topological polar surface area (TPSA) is 47.3 Å². The lowest BCUT2D eigenvalue weighted by Crippen LogP contribution is -2.02. The van der Waals surface area contributed by atoms with Gasteiger partial charge in [0.1, 0.15) is 11.6 Å². The predicted octanol–water partition coefficient (Wildman–Crippen LogP) is 4.41. The fourth-order valence-electron chi connectivity index (χ4n) is 1.55. The summed E-state index contributed by atoms with van der Waals surface area (Å²) >= 11 is 5.66. The maximum Gasteiger partial charge on any atom is 0.387 e. The Labute approximate surface area is 118 Å². The number of rotatable bonds is 4. The molecule has 0 radical (unpaired) electrons. The van der Waals surface area contributed by atoms with Gasteiger partial charge in [0.2, 0.25) is 0 Å². The summed E-state index contributed by atoms with van der Waals surface area (Å²) in [6, 6.07) is 8.23. The number of nitrogens with one attached hydrogen (secondary N) is 1. The molecule has 106 valence electrons. The molecule has 0 saturated carbocycles. The van der Waals surface area contributed by atoms with Gasteiger partial charge in [-0.3, -0.25) is 0 Å². The second-order valence-electron chi connectivity index (χ2n) is 3.88.